The monoisotopic (exact) mass is 293 g/mol. The molecule has 3 heterocycles. The maximum absolute atomic E-state index is 12.2. The number of carbonyl (C=O) groups excluding carboxylic acids is 1. The number of rotatable bonds is 4. The molecule has 2 aliphatic heterocycles. The van der Waals surface area contributed by atoms with Crippen molar-refractivity contribution in [3.63, 3.8) is 0 Å². The van der Waals surface area contributed by atoms with E-state index in [2.05, 4.69) is 0 Å². The molecule has 0 aliphatic carbocycles. The third kappa shape index (κ3) is 3.14. The Morgan fingerprint density at radius 1 is 1.48 bits per heavy atom. The van der Waals surface area contributed by atoms with Crippen LogP contribution in [0.15, 0.2) is 22.8 Å². The van der Waals surface area contributed by atoms with Gasteiger partial charge in [-0.15, -0.1) is 0 Å². The molecule has 1 aromatic rings. The molecule has 2 fully saturated rings. The maximum Gasteiger partial charge on any atom is 0.289 e. The predicted molar refractivity (Wildman–Crippen MR) is 77.1 cm³/mol. The fraction of sp³-hybridized carbons (Fsp3) is 0.688. The fourth-order valence-electron chi connectivity index (χ4n) is 3.43. The molecule has 21 heavy (non-hydrogen) atoms. The lowest BCUT2D eigenvalue weighted by atomic mass is 9.84. The van der Waals surface area contributed by atoms with Crippen molar-refractivity contribution in [2.75, 3.05) is 33.4 Å². The first-order valence-corrected chi connectivity index (χ1v) is 7.68. The first-order valence-electron chi connectivity index (χ1n) is 7.68. The zero-order valence-corrected chi connectivity index (χ0v) is 12.5. The first kappa shape index (κ1) is 14.6. The van der Waals surface area contributed by atoms with Crippen LogP contribution in [0.1, 0.15) is 36.2 Å². The molecule has 1 amide bonds. The molecule has 0 radical (unpaired) electrons. The minimum absolute atomic E-state index is 0.0104. The third-order valence-corrected chi connectivity index (χ3v) is 4.71. The van der Waals surface area contributed by atoms with Gasteiger partial charge in [-0.2, -0.15) is 0 Å². The van der Waals surface area contributed by atoms with Gasteiger partial charge in [0.25, 0.3) is 5.91 Å². The summed E-state index contributed by atoms with van der Waals surface area (Å²) in [5.41, 5.74) is -0.0155. The van der Waals surface area contributed by atoms with Crippen molar-refractivity contribution in [3.05, 3.63) is 24.2 Å². The van der Waals surface area contributed by atoms with Gasteiger partial charge in [0.15, 0.2) is 5.76 Å². The molecule has 2 saturated heterocycles. The summed E-state index contributed by atoms with van der Waals surface area (Å²) in [4.78, 5) is 14.1. The lowest BCUT2D eigenvalue weighted by Crippen LogP contribution is -2.46. The first-order chi connectivity index (χ1) is 10.2. The highest BCUT2D eigenvalue weighted by Gasteiger charge is 2.43. The number of hydrogen-bond acceptors (Lipinski definition) is 4. The highest BCUT2D eigenvalue weighted by atomic mass is 16.5. The molecule has 0 aromatic carbocycles. The van der Waals surface area contributed by atoms with Gasteiger partial charge >= 0.3 is 0 Å². The van der Waals surface area contributed by atoms with E-state index in [4.69, 9.17) is 13.9 Å². The molecule has 5 heteroatoms. The molecular weight excluding hydrogens is 270 g/mol. The summed E-state index contributed by atoms with van der Waals surface area (Å²) in [5.74, 6) is 1.01. The molecule has 1 unspecified atom stereocenters. The highest BCUT2D eigenvalue weighted by molar-refractivity contribution is 5.91. The van der Waals surface area contributed by atoms with Gasteiger partial charge in [0.1, 0.15) is 0 Å². The smallest absolute Gasteiger partial charge is 0.289 e. The SMILES string of the molecule is COCCC1COC2(CCN(C(=O)c3ccco3)CC2)C1. The van der Waals surface area contributed by atoms with Gasteiger partial charge < -0.3 is 18.8 Å². The Morgan fingerprint density at radius 3 is 2.95 bits per heavy atom. The number of nitrogens with zero attached hydrogens (tertiary/aromatic N) is 1. The van der Waals surface area contributed by atoms with Crippen LogP contribution in [0, 0.1) is 5.92 Å². The molecule has 1 spiro atoms. The quantitative estimate of drug-likeness (QED) is 0.855. The lowest BCUT2D eigenvalue weighted by Gasteiger charge is -2.38. The Morgan fingerprint density at radius 2 is 2.29 bits per heavy atom. The Balaban J connectivity index is 1.52. The average molecular weight is 293 g/mol. The molecule has 0 N–H and O–H groups in total. The summed E-state index contributed by atoms with van der Waals surface area (Å²) in [6, 6.07) is 3.47. The van der Waals surface area contributed by atoms with Crippen LogP contribution in [0.2, 0.25) is 0 Å². The van der Waals surface area contributed by atoms with Gasteiger partial charge in [0.2, 0.25) is 0 Å². The van der Waals surface area contributed by atoms with E-state index in [0.717, 1.165) is 52.0 Å². The number of amides is 1. The average Bonchev–Trinajstić information content (AvgIpc) is 3.16. The van der Waals surface area contributed by atoms with Crippen molar-refractivity contribution < 1.29 is 18.7 Å². The second kappa shape index (κ2) is 6.20. The van der Waals surface area contributed by atoms with E-state index in [1.807, 2.05) is 4.90 Å². The van der Waals surface area contributed by atoms with Gasteiger partial charge in [0, 0.05) is 26.8 Å². The predicted octanol–water partition coefficient (Wildman–Crippen LogP) is 2.33. The Kier molecular flexibility index (Phi) is 4.31. The molecule has 3 rings (SSSR count). The Labute approximate surface area is 125 Å². The zero-order valence-electron chi connectivity index (χ0n) is 12.5. The van der Waals surface area contributed by atoms with E-state index in [9.17, 15) is 4.79 Å². The number of likely N-dealkylation sites (tertiary alicyclic amines) is 1. The van der Waals surface area contributed by atoms with Gasteiger partial charge in [-0.1, -0.05) is 0 Å². The van der Waals surface area contributed by atoms with Crippen LogP contribution in [-0.4, -0.2) is 49.8 Å². The second-order valence-corrected chi connectivity index (χ2v) is 6.12. The van der Waals surface area contributed by atoms with Gasteiger partial charge in [0.05, 0.1) is 18.5 Å². The largest absolute Gasteiger partial charge is 0.459 e. The summed E-state index contributed by atoms with van der Waals surface area (Å²) in [6.45, 7) is 3.12. The van der Waals surface area contributed by atoms with Gasteiger partial charge in [-0.25, -0.2) is 0 Å². The number of carbonyl (C=O) groups is 1. The van der Waals surface area contributed by atoms with Crippen LogP contribution in [0.25, 0.3) is 0 Å². The second-order valence-electron chi connectivity index (χ2n) is 6.12. The molecule has 2 aliphatic rings. The molecule has 1 atom stereocenters. The number of furan rings is 1. The van der Waals surface area contributed by atoms with E-state index < -0.39 is 0 Å². The van der Waals surface area contributed by atoms with Crippen LogP contribution in [0.4, 0.5) is 0 Å². The van der Waals surface area contributed by atoms with Crippen molar-refractivity contribution in [2.45, 2.75) is 31.3 Å². The molecule has 1 aromatic heterocycles. The van der Waals surface area contributed by atoms with Crippen molar-refractivity contribution in [1.82, 2.24) is 4.90 Å². The van der Waals surface area contributed by atoms with Crippen molar-refractivity contribution in [1.29, 1.82) is 0 Å². The molecule has 0 saturated carbocycles. The van der Waals surface area contributed by atoms with Gasteiger partial charge in [-0.3, -0.25) is 4.79 Å². The van der Waals surface area contributed by atoms with Crippen molar-refractivity contribution in [2.24, 2.45) is 5.92 Å². The van der Waals surface area contributed by atoms with Gasteiger partial charge in [-0.05, 0) is 43.7 Å². The van der Waals surface area contributed by atoms with Crippen molar-refractivity contribution in [3.8, 4) is 0 Å². The topological polar surface area (TPSA) is 51.9 Å². The Bertz CT molecular complexity index is 463. The molecule has 116 valence electrons. The number of hydrogen-bond donors (Lipinski definition) is 0. The minimum atomic E-state index is -0.0155. The summed E-state index contributed by atoms with van der Waals surface area (Å²) in [6.07, 6.45) is 5.54. The van der Waals surface area contributed by atoms with E-state index in [0.29, 0.717) is 11.7 Å². The standard InChI is InChI=1S/C16H23NO4/c1-19-10-4-13-11-16(21-12-13)5-7-17(8-6-16)15(18)14-3-2-9-20-14/h2-3,9,13H,4-8,10-12H2,1H3. The van der Waals surface area contributed by atoms with E-state index in [1.54, 1.807) is 25.5 Å². The number of methoxy groups -OCH3 is 1. The summed E-state index contributed by atoms with van der Waals surface area (Å²) < 4.78 is 16.4. The molecular formula is C16H23NO4. The lowest BCUT2D eigenvalue weighted by molar-refractivity contribution is -0.0396. The van der Waals surface area contributed by atoms with E-state index in [1.165, 1.54) is 0 Å². The summed E-state index contributed by atoms with van der Waals surface area (Å²) in [7, 11) is 1.74. The van der Waals surface area contributed by atoms with E-state index >= 15 is 0 Å². The number of piperidine rings is 1. The van der Waals surface area contributed by atoms with Crippen molar-refractivity contribution >= 4 is 5.91 Å². The van der Waals surface area contributed by atoms with Crippen LogP contribution in [-0.2, 0) is 9.47 Å². The third-order valence-electron chi connectivity index (χ3n) is 4.71. The van der Waals surface area contributed by atoms with Crippen LogP contribution in [0.3, 0.4) is 0 Å². The summed E-state index contributed by atoms with van der Waals surface area (Å²) >= 11 is 0. The van der Waals surface area contributed by atoms with E-state index in [-0.39, 0.29) is 11.5 Å². The normalized spacial score (nSPS) is 24.6. The fourth-order valence-corrected chi connectivity index (χ4v) is 3.43. The zero-order chi connectivity index (χ0) is 14.7. The molecule has 0 bridgehead atoms. The van der Waals surface area contributed by atoms with Crippen LogP contribution >= 0.6 is 0 Å². The minimum Gasteiger partial charge on any atom is -0.459 e. The Hall–Kier alpha value is -1.33. The summed E-state index contributed by atoms with van der Waals surface area (Å²) in [5, 5.41) is 0. The van der Waals surface area contributed by atoms with Crippen LogP contribution in [0.5, 0.6) is 0 Å². The highest BCUT2D eigenvalue weighted by Crippen LogP contribution is 2.39. The molecule has 5 nitrogen and oxygen atoms in total. The number of ether oxygens (including phenoxy) is 2. The van der Waals surface area contributed by atoms with Crippen LogP contribution < -0.4 is 0 Å². The maximum atomic E-state index is 12.2.